The van der Waals surface area contributed by atoms with Crippen LogP contribution in [0.2, 0.25) is 0 Å². The van der Waals surface area contributed by atoms with Crippen LogP contribution in [0.3, 0.4) is 0 Å². The topological polar surface area (TPSA) is 41.1 Å². The van der Waals surface area contributed by atoms with Crippen LogP contribution in [0.15, 0.2) is 12.2 Å². The SMILES string of the molecule is CNCC(C)CNC(=O)CC1C=CCC1. The van der Waals surface area contributed by atoms with E-state index in [1.54, 1.807) is 0 Å². The second-order valence-corrected chi connectivity index (χ2v) is 4.44. The van der Waals surface area contributed by atoms with E-state index in [0.29, 0.717) is 18.3 Å². The van der Waals surface area contributed by atoms with Crippen molar-refractivity contribution >= 4 is 5.91 Å². The molecule has 3 heteroatoms. The number of carbonyl (C=O) groups excluding carboxylic acids is 1. The van der Waals surface area contributed by atoms with Crippen molar-refractivity contribution in [3.05, 3.63) is 12.2 Å². The molecule has 0 aromatic carbocycles. The lowest BCUT2D eigenvalue weighted by atomic mass is 10.0. The molecule has 2 atom stereocenters. The number of nitrogens with one attached hydrogen (secondary N) is 2. The number of allylic oxidation sites excluding steroid dienone is 2. The van der Waals surface area contributed by atoms with Gasteiger partial charge in [-0.25, -0.2) is 0 Å². The number of amides is 1. The van der Waals surface area contributed by atoms with Crippen LogP contribution in [0.5, 0.6) is 0 Å². The van der Waals surface area contributed by atoms with Gasteiger partial charge in [-0.3, -0.25) is 4.79 Å². The zero-order chi connectivity index (χ0) is 11.1. The van der Waals surface area contributed by atoms with Gasteiger partial charge in [-0.2, -0.15) is 0 Å². The molecule has 0 saturated heterocycles. The van der Waals surface area contributed by atoms with Crippen LogP contribution in [0, 0.1) is 11.8 Å². The molecule has 2 unspecified atom stereocenters. The summed E-state index contributed by atoms with van der Waals surface area (Å²) in [5.41, 5.74) is 0. The van der Waals surface area contributed by atoms with E-state index in [1.807, 2.05) is 7.05 Å². The maximum absolute atomic E-state index is 11.5. The molecule has 2 N–H and O–H groups in total. The molecule has 1 rings (SSSR count). The van der Waals surface area contributed by atoms with Crippen molar-refractivity contribution < 1.29 is 4.79 Å². The lowest BCUT2D eigenvalue weighted by Crippen LogP contribution is -2.32. The third-order valence-corrected chi connectivity index (χ3v) is 2.76. The first-order chi connectivity index (χ1) is 7.22. The molecule has 0 saturated carbocycles. The van der Waals surface area contributed by atoms with Crippen molar-refractivity contribution in [2.24, 2.45) is 11.8 Å². The van der Waals surface area contributed by atoms with Gasteiger partial charge in [-0.15, -0.1) is 0 Å². The molecule has 0 aromatic rings. The van der Waals surface area contributed by atoms with Gasteiger partial charge >= 0.3 is 0 Å². The molecule has 0 heterocycles. The quantitative estimate of drug-likeness (QED) is 0.649. The highest BCUT2D eigenvalue weighted by Crippen LogP contribution is 2.19. The Labute approximate surface area is 92.3 Å². The van der Waals surface area contributed by atoms with Gasteiger partial charge in [0.15, 0.2) is 0 Å². The molecule has 86 valence electrons. The lowest BCUT2D eigenvalue weighted by Gasteiger charge is -2.13. The Morgan fingerprint density at radius 2 is 2.33 bits per heavy atom. The molecule has 0 spiro atoms. The van der Waals surface area contributed by atoms with Gasteiger partial charge in [0, 0.05) is 13.0 Å². The average Bonchev–Trinajstić information content (AvgIpc) is 2.68. The third kappa shape index (κ3) is 4.98. The minimum absolute atomic E-state index is 0.189. The van der Waals surface area contributed by atoms with Gasteiger partial charge in [0.05, 0.1) is 0 Å². The Kier molecular flexibility index (Phi) is 5.40. The van der Waals surface area contributed by atoms with E-state index in [0.717, 1.165) is 25.9 Å². The van der Waals surface area contributed by atoms with E-state index in [-0.39, 0.29) is 5.91 Å². The highest BCUT2D eigenvalue weighted by molar-refractivity contribution is 5.76. The normalized spacial score (nSPS) is 21.6. The van der Waals surface area contributed by atoms with E-state index in [9.17, 15) is 4.79 Å². The van der Waals surface area contributed by atoms with E-state index in [4.69, 9.17) is 0 Å². The Balaban J connectivity index is 2.10. The van der Waals surface area contributed by atoms with Crippen LogP contribution >= 0.6 is 0 Å². The van der Waals surface area contributed by atoms with Gasteiger partial charge in [0.1, 0.15) is 0 Å². The summed E-state index contributed by atoms with van der Waals surface area (Å²) in [4.78, 5) is 11.5. The van der Waals surface area contributed by atoms with Crippen LogP contribution in [-0.2, 0) is 4.79 Å². The Morgan fingerprint density at radius 3 is 2.93 bits per heavy atom. The van der Waals surface area contributed by atoms with Crippen LogP contribution in [0.1, 0.15) is 26.2 Å². The molecule has 1 amide bonds. The molecular weight excluding hydrogens is 188 g/mol. The van der Waals surface area contributed by atoms with Gasteiger partial charge in [-0.05, 0) is 38.3 Å². The molecule has 0 radical (unpaired) electrons. The van der Waals surface area contributed by atoms with Crippen LogP contribution in [0.4, 0.5) is 0 Å². The summed E-state index contributed by atoms with van der Waals surface area (Å²) >= 11 is 0. The smallest absolute Gasteiger partial charge is 0.220 e. The minimum atomic E-state index is 0.189. The zero-order valence-corrected chi connectivity index (χ0v) is 9.75. The summed E-state index contributed by atoms with van der Waals surface area (Å²) in [6, 6.07) is 0. The summed E-state index contributed by atoms with van der Waals surface area (Å²) in [5.74, 6) is 1.16. The van der Waals surface area contributed by atoms with E-state index in [1.165, 1.54) is 0 Å². The Bertz CT molecular complexity index is 226. The van der Waals surface area contributed by atoms with Crippen molar-refractivity contribution in [1.82, 2.24) is 10.6 Å². The first kappa shape index (κ1) is 12.2. The fourth-order valence-electron chi connectivity index (χ4n) is 1.88. The molecule has 0 aliphatic heterocycles. The predicted octanol–water partition coefficient (Wildman–Crippen LogP) is 1.31. The van der Waals surface area contributed by atoms with Crippen molar-refractivity contribution in [3.63, 3.8) is 0 Å². The summed E-state index contributed by atoms with van der Waals surface area (Å²) in [7, 11) is 1.93. The first-order valence-corrected chi connectivity index (χ1v) is 5.80. The largest absolute Gasteiger partial charge is 0.356 e. The van der Waals surface area contributed by atoms with E-state index in [2.05, 4.69) is 29.7 Å². The molecule has 0 bridgehead atoms. The fourth-order valence-corrected chi connectivity index (χ4v) is 1.88. The lowest BCUT2D eigenvalue weighted by molar-refractivity contribution is -0.121. The monoisotopic (exact) mass is 210 g/mol. The van der Waals surface area contributed by atoms with Crippen LogP contribution in [-0.4, -0.2) is 26.0 Å². The van der Waals surface area contributed by atoms with Crippen molar-refractivity contribution in [2.75, 3.05) is 20.1 Å². The minimum Gasteiger partial charge on any atom is -0.356 e. The fraction of sp³-hybridized carbons (Fsp3) is 0.750. The average molecular weight is 210 g/mol. The summed E-state index contributed by atoms with van der Waals surface area (Å²) in [5, 5.41) is 6.08. The molecule has 0 aromatic heterocycles. The number of hydrogen-bond acceptors (Lipinski definition) is 2. The second-order valence-electron chi connectivity index (χ2n) is 4.44. The van der Waals surface area contributed by atoms with Gasteiger partial charge < -0.3 is 10.6 Å². The molecular formula is C12H22N2O. The molecule has 1 aliphatic carbocycles. The van der Waals surface area contributed by atoms with Crippen molar-refractivity contribution in [2.45, 2.75) is 26.2 Å². The van der Waals surface area contributed by atoms with E-state index < -0.39 is 0 Å². The van der Waals surface area contributed by atoms with Crippen molar-refractivity contribution in [3.8, 4) is 0 Å². The highest BCUT2D eigenvalue weighted by atomic mass is 16.1. The molecule has 1 aliphatic rings. The first-order valence-electron chi connectivity index (χ1n) is 5.80. The standard InChI is InChI=1S/C12H22N2O/c1-10(8-13-2)9-14-12(15)7-11-5-3-4-6-11/h3,5,10-11,13H,4,6-9H2,1-2H3,(H,14,15). The summed E-state index contributed by atoms with van der Waals surface area (Å²) in [6.45, 7) is 3.85. The van der Waals surface area contributed by atoms with Gasteiger partial charge in [-0.1, -0.05) is 19.1 Å². The van der Waals surface area contributed by atoms with E-state index >= 15 is 0 Å². The van der Waals surface area contributed by atoms with Crippen LogP contribution in [0.25, 0.3) is 0 Å². The summed E-state index contributed by atoms with van der Waals surface area (Å²) in [6.07, 6.45) is 7.26. The highest BCUT2D eigenvalue weighted by Gasteiger charge is 2.13. The third-order valence-electron chi connectivity index (χ3n) is 2.76. The number of carbonyl (C=O) groups is 1. The maximum Gasteiger partial charge on any atom is 0.220 e. The zero-order valence-electron chi connectivity index (χ0n) is 9.75. The number of rotatable bonds is 6. The van der Waals surface area contributed by atoms with Crippen molar-refractivity contribution in [1.29, 1.82) is 0 Å². The molecule has 0 fully saturated rings. The van der Waals surface area contributed by atoms with Crippen LogP contribution < -0.4 is 10.6 Å². The van der Waals surface area contributed by atoms with Gasteiger partial charge in [0.25, 0.3) is 0 Å². The molecule has 15 heavy (non-hydrogen) atoms. The maximum atomic E-state index is 11.5. The van der Waals surface area contributed by atoms with Gasteiger partial charge in [0.2, 0.25) is 5.91 Å². The summed E-state index contributed by atoms with van der Waals surface area (Å²) < 4.78 is 0. The predicted molar refractivity (Wildman–Crippen MR) is 62.6 cm³/mol. The molecule has 3 nitrogen and oxygen atoms in total. The second kappa shape index (κ2) is 6.62. The Hall–Kier alpha value is -0.830. The number of hydrogen-bond donors (Lipinski definition) is 2. The Morgan fingerprint density at radius 1 is 1.53 bits per heavy atom.